The highest BCUT2D eigenvalue weighted by Crippen LogP contribution is 2.48. The highest BCUT2D eigenvalue weighted by atomic mass is 15.1. The first-order chi connectivity index (χ1) is 44.6. The molecule has 90 heavy (non-hydrogen) atoms. The zero-order chi connectivity index (χ0) is 59.4. The predicted molar refractivity (Wildman–Crippen MR) is 371 cm³/mol. The zero-order valence-corrected chi connectivity index (χ0v) is 48.4. The van der Waals surface area contributed by atoms with Gasteiger partial charge in [-0.3, -0.25) is 0 Å². The Kier molecular flexibility index (Phi) is 11.5. The lowest BCUT2D eigenvalue weighted by molar-refractivity contribution is 1.07. The van der Waals surface area contributed by atoms with Crippen molar-refractivity contribution >= 4 is 92.9 Å². The minimum atomic E-state index is 0.554. The molecule has 418 valence electrons. The second-order valence-corrected chi connectivity index (χ2v) is 23.0. The monoisotopic (exact) mass is 1150 g/mol. The maximum atomic E-state index is 7.88. The van der Waals surface area contributed by atoms with E-state index in [0.717, 1.165) is 127 Å². The van der Waals surface area contributed by atoms with Crippen LogP contribution in [-0.2, 0) is 0 Å². The second kappa shape index (κ2) is 20.3. The summed E-state index contributed by atoms with van der Waals surface area (Å²) >= 11 is 0. The van der Waals surface area contributed by atoms with E-state index < -0.39 is 0 Å². The summed E-state index contributed by atoms with van der Waals surface area (Å²) in [7, 11) is 0. The largest absolute Gasteiger partial charge is 0.309 e. The van der Waals surface area contributed by atoms with E-state index >= 15 is 0 Å². The lowest BCUT2D eigenvalue weighted by Crippen LogP contribution is -2.04. The Morgan fingerprint density at radius 3 is 1.14 bits per heavy atom. The van der Waals surface area contributed by atoms with Gasteiger partial charge in [-0.05, 0) is 96.1 Å². The summed E-state index contributed by atoms with van der Waals surface area (Å²) in [6, 6.07) is 108. The molecule has 0 amide bonds. The molecule has 0 saturated carbocycles. The Labute approximate surface area is 517 Å². The molecule has 8 heteroatoms. The summed E-state index contributed by atoms with van der Waals surface area (Å²) in [5.41, 5.74) is 20.2. The van der Waals surface area contributed by atoms with Gasteiger partial charge >= 0.3 is 0 Å². The Bertz CT molecular complexity index is 5890. The van der Waals surface area contributed by atoms with Crippen LogP contribution in [0.15, 0.2) is 303 Å². The molecule has 0 aliphatic heterocycles. The van der Waals surface area contributed by atoms with Gasteiger partial charge in [-0.2, -0.15) is 0 Å². The van der Waals surface area contributed by atoms with Crippen LogP contribution in [0.25, 0.3) is 171 Å². The molecule has 8 nitrogen and oxygen atoms in total. The normalized spacial score (nSPS) is 11.8. The molecule has 0 atom stereocenters. The van der Waals surface area contributed by atoms with Crippen LogP contribution in [0.1, 0.15) is 0 Å². The molecule has 18 rings (SSSR count). The topological polar surface area (TPSA) is 62.8 Å². The molecule has 0 aliphatic carbocycles. The third-order valence-corrected chi connectivity index (χ3v) is 18.0. The Balaban J connectivity index is 0.985. The van der Waals surface area contributed by atoms with Crippen LogP contribution in [0.5, 0.6) is 0 Å². The van der Waals surface area contributed by atoms with Crippen LogP contribution in [0.4, 0.5) is 5.69 Å². The first-order valence-electron chi connectivity index (χ1n) is 30.3. The third kappa shape index (κ3) is 7.83. The summed E-state index contributed by atoms with van der Waals surface area (Å²) in [5.74, 6) is 1.73. The first-order valence-corrected chi connectivity index (χ1v) is 30.3. The molecule has 0 spiro atoms. The van der Waals surface area contributed by atoms with E-state index in [1.54, 1.807) is 0 Å². The smallest absolute Gasteiger partial charge is 0.187 e. The van der Waals surface area contributed by atoms with Crippen LogP contribution in [0.3, 0.4) is 0 Å². The van der Waals surface area contributed by atoms with E-state index in [1.165, 1.54) is 21.5 Å². The van der Waals surface area contributed by atoms with Crippen LogP contribution >= 0.6 is 0 Å². The predicted octanol–water partition coefficient (Wildman–Crippen LogP) is 21.1. The van der Waals surface area contributed by atoms with Crippen molar-refractivity contribution in [3.63, 3.8) is 0 Å². The fourth-order valence-corrected chi connectivity index (χ4v) is 14.1. The SMILES string of the molecule is [C-]#[N+]c1ccc(-c2ccc(-c3cc(-c4nc(-c5ccccc5)nc(-c5ccccc5)n4)ccc3-n3c4ccccc4c4c3ccc3c5ccccc5n(-c5ccccc5)c34)c(-n3c4ccccc4c4c3ccc3c5ccccc5n(-c5ccccc5)c34)c2)cc1. The van der Waals surface area contributed by atoms with Crippen LogP contribution < -0.4 is 0 Å². The molecule has 0 bridgehead atoms. The lowest BCUT2D eigenvalue weighted by Gasteiger charge is -2.21. The van der Waals surface area contributed by atoms with Crippen LogP contribution in [-0.4, -0.2) is 33.2 Å². The minimum Gasteiger partial charge on any atom is -0.309 e. The van der Waals surface area contributed by atoms with Gasteiger partial charge in [0.25, 0.3) is 0 Å². The summed E-state index contributed by atoms with van der Waals surface area (Å²) in [4.78, 5) is 19.7. The molecule has 18 aromatic rings. The van der Waals surface area contributed by atoms with Crippen molar-refractivity contribution < 1.29 is 0 Å². The van der Waals surface area contributed by atoms with Gasteiger partial charge in [-0.15, -0.1) is 0 Å². The molecule has 0 saturated heterocycles. The van der Waals surface area contributed by atoms with Crippen molar-refractivity contribution in [2.45, 2.75) is 0 Å². The fourth-order valence-electron chi connectivity index (χ4n) is 14.1. The van der Waals surface area contributed by atoms with Crippen molar-refractivity contribution in [1.29, 1.82) is 0 Å². The number of benzene rings is 13. The standard InChI is InChI=1S/C82H50N8/c1-83-57-42-38-52(39-43-57)55-40-44-62(75(51-55)90-71-37-21-17-33-66(71)77-74(90)49-46-64-61-31-15-19-35-69(61)88(79(64)77)59-28-12-5-13-29-59)67-50-56(82-85-80(53-22-6-2-7-23-53)84-81(86-82)54-24-8-3-9-25-54)41-47-72(67)89-70-36-20-16-32-65(70)76-73(89)48-45-63-60-30-14-18-34-68(60)87(78(63)76)58-26-10-4-11-27-58/h2-51H. The molecule has 5 aromatic heterocycles. The minimum absolute atomic E-state index is 0.554. The first kappa shape index (κ1) is 50.8. The quantitative estimate of drug-likeness (QED) is 0.135. The number of hydrogen-bond acceptors (Lipinski definition) is 3. The number of para-hydroxylation sites is 6. The second-order valence-electron chi connectivity index (χ2n) is 23.0. The number of rotatable bonds is 9. The van der Waals surface area contributed by atoms with Gasteiger partial charge in [0.1, 0.15) is 0 Å². The molecule has 0 N–H and O–H groups in total. The molecule has 0 unspecified atom stereocenters. The van der Waals surface area contributed by atoms with Gasteiger partial charge in [0.2, 0.25) is 0 Å². The zero-order valence-electron chi connectivity index (χ0n) is 48.4. The maximum Gasteiger partial charge on any atom is 0.187 e. The molecule has 0 fully saturated rings. The number of nitrogens with zero attached hydrogens (tertiary/aromatic N) is 8. The van der Waals surface area contributed by atoms with Crippen molar-refractivity contribution in [1.82, 2.24) is 33.2 Å². The van der Waals surface area contributed by atoms with Gasteiger partial charge in [0, 0.05) is 82.3 Å². The number of aromatic nitrogens is 7. The van der Waals surface area contributed by atoms with Crippen molar-refractivity contribution in [3.05, 3.63) is 315 Å². The summed E-state index contributed by atoms with van der Waals surface area (Å²) in [6.07, 6.45) is 0. The van der Waals surface area contributed by atoms with E-state index in [4.69, 9.17) is 21.5 Å². The van der Waals surface area contributed by atoms with Crippen molar-refractivity contribution in [2.75, 3.05) is 0 Å². The fraction of sp³-hybridized carbons (Fsp3) is 0. The summed E-state index contributed by atoms with van der Waals surface area (Å²) < 4.78 is 9.85. The molecule has 5 heterocycles. The van der Waals surface area contributed by atoms with Gasteiger partial charge < -0.3 is 18.3 Å². The molecular weight excluding hydrogens is 1100 g/mol. The molecule has 13 aromatic carbocycles. The lowest BCUT2D eigenvalue weighted by atomic mass is 9.95. The molecule has 0 aliphatic rings. The molecular formula is C82H50N8. The molecule has 0 radical (unpaired) electrons. The number of fused-ring (bicyclic) bond motifs is 14. The third-order valence-electron chi connectivity index (χ3n) is 18.0. The van der Waals surface area contributed by atoms with E-state index in [9.17, 15) is 0 Å². The van der Waals surface area contributed by atoms with Crippen molar-refractivity contribution in [3.8, 4) is 79.2 Å². The summed E-state index contributed by atoms with van der Waals surface area (Å²) in [5, 5.41) is 9.36. The van der Waals surface area contributed by atoms with Crippen molar-refractivity contribution in [2.24, 2.45) is 0 Å². The number of hydrogen-bond donors (Lipinski definition) is 0. The van der Waals surface area contributed by atoms with E-state index in [0.29, 0.717) is 23.2 Å². The average Bonchev–Trinajstić information content (AvgIpc) is 1.55. The summed E-state index contributed by atoms with van der Waals surface area (Å²) in [6.45, 7) is 7.88. The van der Waals surface area contributed by atoms with E-state index in [2.05, 4.69) is 278 Å². The van der Waals surface area contributed by atoms with Crippen LogP contribution in [0, 0.1) is 6.57 Å². The van der Waals surface area contributed by atoms with Gasteiger partial charge in [0.05, 0.1) is 62.1 Å². The van der Waals surface area contributed by atoms with Gasteiger partial charge in [-0.1, -0.05) is 218 Å². The highest BCUT2D eigenvalue weighted by molar-refractivity contribution is 6.28. The Morgan fingerprint density at radius 1 is 0.256 bits per heavy atom. The van der Waals surface area contributed by atoms with E-state index in [-0.39, 0.29) is 0 Å². The van der Waals surface area contributed by atoms with Gasteiger partial charge in [0.15, 0.2) is 23.2 Å². The highest BCUT2D eigenvalue weighted by Gasteiger charge is 2.27. The Morgan fingerprint density at radius 2 is 0.656 bits per heavy atom. The van der Waals surface area contributed by atoms with E-state index in [1.807, 2.05) is 48.5 Å². The van der Waals surface area contributed by atoms with Crippen LogP contribution in [0.2, 0.25) is 0 Å². The Hall–Kier alpha value is -12.4. The maximum absolute atomic E-state index is 7.88. The van der Waals surface area contributed by atoms with Gasteiger partial charge in [-0.25, -0.2) is 19.8 Å². The average molecular weight is 1150 g/mol.